The first kappa shape index (κ1) is 10.4. The fourth-order valence-corrected chi connectivity index (χ4v) is 1.31. The molecule has 0 spiro atoms. The number of aromatic amines is 1. The zero-order valence-electron chi connectivity index (χ0n) is 7.72. The topological polar surface area (TPSA) is 101 Å². The van der Waals surface area contributed by atoms with Crippen LogP contribution in [-0.2, 0) is 0 Å². The molecule has 0 aliphatic heterocycles. The van der Waals surface area contributed by atoms with Crippen molar-refractivity contribution in [3.63, 3.8) is 0 Å². The summed E-state index contributed by atoms with van der Waals surface area (Å²) in [5.74, 6) is -1.16. The van der Waals surface area contributed by atoms with E-state index in [1.54, 1.807) is 0 Å². The fourth-order valence-electron chi connectivity index (χ4n) is 1.12. The summed E-state index contributed by atoms with van der Waals surface area (Å²) >= 11 is 5.74. The third-order valence-corrected chi connectivity index (χ3v) is 2.22. The minimum atomic E-state index is -1.16. The van der Waals surface area contributed by atoms with E-state index in [0.717, 1.165) is 0 Å². The quantitative estimate of drug-likeness (QED) is 0.787. The van der Waals surface area contributed by atoms with Gasteiger partial charge in [0, 0.05) is 6.20 Å². The predicted octanol–water partition coefficient (Wildman–Crippen LogP) is 0.307. The fraction of sp³-hybridized carbons (Fsp3) is 0. The highest BCUT2D eigenvalue weighted by Crippen LogP contribution is 2.14. The first-order valence-corrected chi connectivity index (χ1v) is 4.48. The number of nitrogens with zero attached hydrogens (tertiary/aromatic N) is 3. The van der Waals surface area contributed by atoms with E-state index in [0.29, 0.717) is 0 Å². The summed E-state index contributed by atoms with van der Waals surface area (Å²) in [6, 6.07) is 0. The van der Waals surface area contributed by atoms with Gasteiger partial charge in [-0.15, -0.1) is 0 Å². The van der Waals surface area contributed by atoms with E-state index < -0.39 is 11.5 Å². The van der Waals surface area contributed by atoms with Crippen molar-refractivity contribution >= 4 is 17.6 Å². The molecule has 16 heavy (non-hydrogen) atoms. The summed E-state index contributed by atoms with van der Waals surface area (Å²) in [5.41, 5.74) is -0.425. The van der Waals surface area contributed by atoms with Crippen molar-refractivity contribution in [2.75, 3.05) is 0 Å². The molecule has 2 heterocycles. The van der Waals surface area contributed by atoms with Gasteiger partial charge in [0.05, 0.1) is 11.9 Å². The Balaban J connectivity index is 2.55. The van der Waals surface area contributed by atoms with Crippen LogP contribution in [0.15, 0.2) is 23.5 Å². The Labute approximate surface area is 93.3 Å². The number of hydrogen-bond acceptors (Lipinski definition) is 4. The molecule has 0 bridgehead atoms. The number of imidazole rings is 1. The molecule has 0 saturated heterocycles. The standard InChI is InChI=1S/C8H5ClN4O3/c9-6-5(1-11-12-7(6)14)13-2-4(8(15)16)10-3-13/h1-3H,(H,12,14)(H,15,16). The molecule has 2 rings (SSSR count). The number of hydrogen-bond donors (Lipinski definition) is 2. The van der Waals surface area contributed by atoms with Crippen LogP contribution in [0.3, 0.4) is 0 Å². The lowest BCUT2D eigenvalue weighted by molar-refractivity contribution is 0.0691. The third kappa shape index (κ3) is 1.68. The Morgan fingerprint density at radius 2 is 2.31 bits per heavy atom. The van der Waals surface area contributed by atoms with E-state index in [-0.39, 0.29) is 16.4 Å². The second-order valence-electron chi connectivity index (χ2n) is 2.87. The SMILES string of the molecule is O=C(O)c1cn(-c2cn[nH]c(=O)c2Cl)cn1. The van der Waals surface area contributed by atoms with Crippen LogP contribution in [-0.4, -0.2) is 30.8 Å². The number of aromatic carboxylic acids is 1. The molecule has 8 heteroatoms. The lowest BCUT2D eigenvalue weighted by Gasteiger charge is -2.01. The van der Waals surface area contributed by atoms with Gasteiger partial charge in [-0.1, -0.05) is 11.6 Å². The highest BCUT2D eigenvalue weighted by molar-refractivity contribution is 6.32. The number of aromatic nitrogens is 4. The normalized spacial score (nSPS) is 10.3. The third-order valence-electron chi connectivity index (χ3n) is 1.86. The Bertz CT molecular complexity index is 603. The molecule has 0 fully saturated rings. The number of carbonyl (C=O) groups is 1. The summed E-state index contributed by atoms with van der Waals surface area (Å²) in [5, 5.41) is 14.3. The van der Waals surface area contributed by atoms with Crippen LogP contribution >= 0.6 is 11.6 Å². The van der Waals surface area contributed by atoms with Gasteiger partial charge in [-0.3, -0.25) is 4.79 Å². The number of carboxylic acid groups (broad SMARTS) is 1. The molecule has 0 unspecified atom stereocenters. The van der Waals surface area contributed by atoms with Crippen molar-refractivity contribution in [3.8, 4) is 5.69 Å². The highest BCUT2D eigenvalue weighted by Gasteiger charge is 2.11. The summed E-state index contributed by atoms with van der Waals surface area (Å²) < 4.78 is 1.31. The minimum absolute atomic E-state index is 0.0793. The second-order valence-corrected chi connectivity index (χ2v) is 3.25. The smallest absolute Gasteiger partial charge is 0.356 e. The number of carboxylic acids is 1. The molecule has 0 aliphatic rings. The predicted molar refractivity (Wildman–Crippen MR) is 53.9 cm³/mol. The number of H-pyrrole nitrogens is 1. The molecule has 7 nitrogen and oxygen atoms in total. The molecule has 0 saturated carbocycles. The maximum atomic E-state index is 11.2. The molecule has 82 valence electrons. The maximum Gasteiger partial charge on any atom is 0.356 e. The average Bonchev–Trinajstić information content (AvgIpc) is 2.71. The van der Waals surface area contributed by atoms with E-state index in [1.165, 1.54) is 23.3 Å². The molecule has 0 aromatic carbocycles. The molecular formula is C8H5ClN4O3. The van der Waals surface area contributed by atoms with Gasteiger partial charge in [-0.2, -0.15) is 5.10 Å². The molecule has 2 aromatic rings. The molecule has 0 aliphatic carbocycles. The summed E-state index contributed by atoms with van der Waals surface area (Å²) in [4.78, 5) is 25.4. The minimum Gasteiger partial charge on any atom is -0.476 e. The number of rotatable bonds is 2. The lowest BCUT2D eigenvalue weighted by atomic mass is 10.4. The van der Waals surface area contributed by atoms with Crippen molar-refractivity contribution in [1.82, 2.24) is 19.7 Å². The van der Waals surface area contributed by atoms with Gasteiger partial charge in [0.15, 0.2) is 5.69 Å². The highest BCUT2D eigenvalue weighted by atomic mass is 35.5. The van der Waals surface area contributed by atoms with E-state index >= 15 is 0 Å². The van der Waals surface area contributed by atoms with E-state index in [9.17, 15) is 9.59 Å². The lowest BCUT2D eigenvalue weighted by Crippen LogP contribution is -2.11. The van der Waals surface area contributed by atoms with Crippen LogP contribution < -0.4 is 5.56 Å². The van der Waals surface area contributed by atoms with Crippen LogP contribution in [0.25, 0.3) is 5.69 Å². The Morgan fingerprint density at radius 3 is 2.94 bits per heavy atom. The van der Waals surface area contributed by atoms with Crippen molar-refractivity contribution < 1.29 is 9.90 Å². The second kappa shape index (κ2) is 3.78. The first-order chi connectivity index (χ1) is 7.59. The van der Waals surface area contributed by atoms with Gasteiger partial charge in [-0.05, 0) is 0 Å². The van der Waals surface area contributed by atoms with Crippen molar-refractivity contribution in [2.24, 2.45) is 0 Å². The Hall–Kier alpha value is -2.15. The molecule has 0 atom stereocenters. The van der Waals surface area contributed by atoms with Crippen LogP contribution in [0, 0.1) is 0 Å². The van der Waals surface area contributed by atoms with Gasteiger partial charge in [0.1, 0.15) is 11.3 Å². The van der Waals surface area contributed by atoms with Crippen LogP contribution in [0.5, 0.6) is 0 Å². The Kier molecular flexibility index (Phi) is 2.45. The zero-order valence-corrected chi connectivity index (χ0v) is 8.47. The number of nitrogens with one attached hydrogen (secondary N) is 1. The van der Waals surface area contributed by atoms with E-state index in [4.69, 9.17) is 16.7 Å². The molecule has 0 amide bonds. The van der Waals surface area contributed by atoms with E-state index in [2.05, 4.69) is 15.2 Å². The average molecular weight is 241 g/mol. The summed E-state index contributed by atoms with van der Waals surface area (Å²) in [6.07, 6.45) is 3.79. The van der Waals surface area contributed by atoms with Gasteiger partial charge in [-0.25, -0.2) is 14.9 Å². The van der Waals surface area contributed by atoms with Gasteiger partial charge >= 0.3 is 5.97 Å². The van der Waals surface area contributed by atoms with Crippen molar-refractivity contribution in [2.45, 2.75) is 0 Å². The van der Waals surface area contributed by atoms with Crippen molar-refractivity contribution in [1.29, 1.82) is 0 Å². The molecule has 2 N–H and O–H groups in total. The van der Waals surface area contributed by atoms with Crippen LogP contribution in [0.2, 0.25) is 5.02 Å². The van der Waals surface area contributed by atoms with Crippen LogP contribution in [0.4, 0.5) is 0 Å². The summed E-state index contributed by atoms with van der Waals surface area (Å²) in [7, 11) is 0. The summed E-state index contributed by atoms with van der Waals surface area (Å²) in [6.45, 7) is 0. The van der Waals surface area contributed by atoms with E-state index in [1.807, 2.05) is 0 Å². The molecule has 2 aromatic heterocycles. The monoisotopic (exact) mass is 240 g/mol. The van der Waals surface area contributed by atoms with Gasteiger partial charge in [0.2, 0.25) is 0 Å². The van der Waals surface area contributed by atoms with Gasteiger partial charge in [0.25, 0.3) is 5.56 Å². The maximum absolute atomic E-state index is 11.2. The molecular weight excluding hydrogens is 236 g/mol. The van der Waals surface area contributed by atoms with Crippen LogP contribution in [0.1, 0.15) is 10.5 Å². The molecule has 0 radical (unpaired) electrons. The Morgan fingerprint density at radius 1 is 1.56 bits per heavy atom. The zero-order chi connectivity index (χ0) is 11.7. The largest absolute Gasteiger partial charge is 0.476 e. The first-order valence-electron chi connectivity index (χ1n) is 4.10. The number of halogens is 1. The van der Waals surface area contributed by atoms with Gasteiger partial charge < -0.3 is 9.67 Å². The van der Waals surface area contributed by atoms with Crippen molar-refractivity contribution in [3.05, 3.63) is 39.8 Å².